The molecule has 0 bridgehead atoms. The van der Waals surface area contributed by atoms with Crippen molar-refractivity contribution >= 4 is 11.6 Å². The topological polar surface area (TPSA) is 41.6 Å². The van der Waals surface area contributed by atoms with Gasteiger partial charge in [0, 0.05) is 24.7 Å². The molecule has 0 fully saturated rings. The van der Waals surface area contributed by atoms with Gasteiger partial charge in [0.05, 0.1) is 0 Å². The number of benzene rings is 1. The Kier molecular flexibility index (Phi) is 5.12. The Balaban J connectivity index is 2.21. The Labute approximate surface area is 123 Å². The molecule has 1 atom stereocenters. The number of nitrogens with one attached hydrogen (secondary N) is 1. The number of hydrogen-bond acceptors (Lipinski definition) is 3. The van der Waals surface area contributed by atoms with Gasteiger partial charge in [0.15, 0.2) is 0 Å². The van der Waals surface area contributed by atoms with E-state index in [1.807, 2.05) is 14.0 Å². The van der Waals surface area contributed by atoms with E-state index in [4.69, 9.17) is 0 Å². The summed E-state index contributed by atoms with van der Waals surface area (Å²) < 4.78 is 28.9. The van der Waals surface area contributed by atoms with Crippen molar-refractivity contribution in [2.45, 2.75) is 26.4 Å². The van der Waals surface area contributed by atoms with Crippen molar-refractivity contribution in [2.24, 2.45) is 5.92 Å². The molecule has 2 rings (SSSR count). The third-order valence-electron chi connectivity index (χ3n) is 3.59. The number of halogens is 2. The lowest BCUT2D eigenvalue weighted by Gasteiger charge is -2.31. The minimum Gasteiger partial charge on any atom is -0.435 e. The Morgan fingerprint density at radius 1 is 1.48 bits per heavy atom. The number of carbonyl (C=O) groups is 1. The molecule has 1 aromatic rings. The number of amides is 1. The van der Waals surface area contributed by atoms with Crippen molar-refractivity contribution in [3.8, 4) is 5.75 Å². The van der Waals surface area contributed by atoms with Crippen LogP contribution < -0.4 is 15.0 Å². The number of fused-ring (bicyclic) bond motifs is 1. The van der Waals surface area contributed by atoms with Gasteiger partial charge in [0.1, 0.15) is 5.75 Å². The monoisotopic (exact) mass is 298 g/mol. The average Bonchev–Trinajstić information content (AvgIpc) is 2.45. The number of ether oxygens (including phenoxy) is 1. The van der Waals surface area contributed by atoms with Gasteiger partial charge in [-0.25, -0.2) is 0 Å². The average molecular weight is 298 g/mol. The van der Waals surface area contributed by atoms with Gasteiger partial charge in [-0.05, 0) is 43.7 Å². The zero-order valence-electron chi connectivity index (χ0n) is 12.2. The Morgan fingerprint density at radius 3 is 2.90 bits per heavy atom. The van der Waals surface area contributed by atoms with Crippen LogP contribution in [0.5, 0.6) is 5.75 Å². The maximum atomic E-state index is 12.4. The molecule has 0 saturated heterocycles. The van der Waals surface area contributed by atoms with Gasteiger partial charge < -0.3 is 15.0 Å². The number of carbonyl (C=O) groups excluding carboxylic acids is 1. The first kappa shape index (κ1) is 15.7. The summed E-state index contributed by atoms with van der Waals surface area (Å²) in [6.07, 6.45) is 1.59. The van der Waals surface area contributed by atoms with Crippen molar-refractivity contribution in [3.63, 3.8) is 0 Å². The number of nitrogens with zero attached hydrogens (tertiary/aromatic N) is 1. The molecule has 21 heavy (non-hydrogen) atoms. The van der Waals surface area contributed by atoms with E-state index in [0.717, 1.165) is 24.1 Å². The molecular weight excluding hydrogens is 278 g/mol. The van der Waals surface area contributed by atoms with Crippen LogP contribution in [-0.4, -0.2) is 32.7 Å². The van der Waals surface area contributed by atoms with Gasteiger partial charge in [-0.1, -0.05) is 6.92 Å². The van der Waals surface area contributed by atoms with E-state index in [0.29, 0.717) is 13.1 Å². The third kappa shape index (κ3) is 3.69. The predicted octanol–water partition coefficient (Wildman–Crippen LogP) is 2.42. The maximum absolute atomic E-state index is 12.4. The summed E-state index contributed by atoms with van der Waals surface area (Å²) >= 11 is 0. The first-order valence-corrected chi connectivity index (χ1v) is 7.06. The van der Waals surface area contributed by atoms with E-state index in [-0.39, 0.29) is 17.6 Å². The highest BCUT2D eigenvalue weighted by Gasteiger charge is 2.26. The van der Waals surface area contributed by atoms with Crippen molar-refractivity contribution in [2.75, 3.05) is 25.0 Å². The standard InChI is InChI=1S/C15H20F2N2O2/c1-10(9-18-2)14(20)19-7-3-4-11-8-12(21-15(16)17)5-6-13(11)19/h5-6,8,10,15,18H,3-4,7,9H2,1-2H3. The van der Waals surface area contributed by atoms with Crippen molar-refractivity contribution in [1.82, 2.24) is 5.32 Å². The van der Waals surface area contributed by atoms with Crippen LogP contribution in [0, 0.1) is 5.92 Å². The zero-order chi connectivity index (χ0) is 15.4. The van der Waals surface area contributed by atoms with Gasteiger partial charge in [-0.15, -0.1) is 0 Å². The minimum atomic E-state index is -2.83. The molecule has 1 N–H and O–H groups in total. The van der Waals surface area contributed by atoms with Crippen LogP contribution in [0.25, 0.3) is 0 Å². The molecule has 0 saturated carbocycles. The lowest BCUT2D eigenvalue weighted by Crippen LogP contribution is -2.41. The van der Waals surface area contributed by atoms with E-state index in [1.54, 1.807) is 17.0 Å². The molecule has 1 heterocycles. The van der Waals surface area contributed by atoms with Crippen LogP contribution in [0.2, 0.25) is 0 Å². The molecular formula is C15H20F2N2O2. The highest BCUT2D eigenvalue weighted by molar-refractivity contribution is 5.96. The maximum Gasteiger partial charge on any atom is 0.387 e. The van der Waals surface area contributed by atoms with E-state index < -0.39 is 6.61 Å². The lowest BCUT2D eigenvalue weighted by atomic mass is 9.99. The number of rotatable bonds is 5. The van der Waals surface area contributed by atoms with E-state index >= 15 is 0 Å². The number of hydrogen-bond donors (Lipinski definition) is 1. The summed E-state index contributed by atoms with van der Waals surface area (Å²) in [6, 6.07) is 4.78. The minimum absolute atomic E-state index is 0.0489. The molecule has 1 aliphatic rings. The predicted molar refractivity (Wildman–Crippen MR) is 76.8 cm³/mol. The number of aryl methyl sites for hydroxylation is 1. The molecule has 1 aliphatic heterocycles. The van der Waals surface area contributed by atoms with Crippen molar-refractivity contribution < 1.29 is 18.3 Å². The summed E-state index contributed by atoms with van der Waals surface area (Å²) in [6.45, 7) is 0.313. The summed E-state index contributed by atoms with van der Waals surface area (Å²) in [5.41, 5.74) is 1.68. The molecule has 1 unspecified atom stereocenters. The molecule has 0 aliphatic carbocycles. The second kappa shape index (κ2) is 6.85. The first-order chi connectivity index (χ1) is 10.0. The second-order valence-electron chi connectivity index (χ2n) is 5.22. The first-order valence-electron chi connectivity index (χ1n) is 7.06. The normalized spacial score (nSPS) is 15.8. The SMILES string of the molecule is CNCC(C)C(=O)N1CCCc2cc(OC(F)F)ccc21. The van der Waals surface area contributed by atoms with E-state index in [2.05, 4.69) is 10.1 Å². The molecule has 0 aromatic heterocycles. The summed E-state index contributed by atoms with van der Waals surface area (Å²) in [7, 11) is 1.81. The summed E-state index contributed by atoms with van der Waals surface area (Å²) in [5, 5.41) is 2.99. The van der Waals surface area contributed by atoms with Crippen molar-refractivity contribution in [1.29, 1.82) is 0 Å². The fourth-order valence-electron chi connectivity index (χ4n) is 2.64. The van der Waals surface area contributed by atoms with E-state index in [1.165, 1.54) is 6.07 Å². The molecule has 6 heteroatoms. The van der Waals surface area contributed by atoms with Crippen LogP contribution in [0.15, 0.2) is 18.2 Å². The smallest absolute Gasteiger partial charge is 0.387 e. The van der Waals surface area contributed by atoms with Crippen LogP contribution in [-0.2, 0) is 11.2 Å². The van der Waals surface area contributed by atoms with Gasteiger partial charge in [-0.2, -0.15) is 8.78 Å². The van der Waals surface area contributed by atoms with Crippen LogP contribution in [0.3, 0.4) is 0 Å². The quantitative estimate of drug-likeness (QED) is 0.907. The third-order valence-corrected chi connectivity index (χ3v) is 3.59. The largest absolute Gasteiger partial charge is 0.435 e. The van der Waals surface area contributed by atoms with Gasteiger partial charge in [0.25, 0.3) is 0 Å². The Bertz CT molecular complexity index is 508. The van der Waals surface area contributed by atoms with Gasteiger partial charge >= 0.3 is 6.61 Å². The van der Waals surface area contributed by atoms with Crippen LogP contribution >= 0.6 is 0 Å². The molecule has 0 spiro atoms. The lowest BCUT2D eigenvalue weighted by molar-refractivity contribution is -0.121. The molecule has 1 aromatic carbocycles. The van der Waals surface area contributed by atoms with E-state index in [9.17, 15) is 13.6 Å². The highest BCUT2D eigenvalue weighted by atomic mass is 19.3. The number of anilines is 1. The molecule has 4 nitrogen and oxygen atoms in total. The summed E-state index contributed by atoms with van der Waals surface area (Å²) in [4.78, 5) is 14.2. The van der Waals surface area contributed by atoms with Gasteiger partial charge in [0.2, 0.25) is 5.91 Å². The highest BCUT2D eigenvalue weighted by Crippen LogP contribution is 2.31. The van der Waals surface area contributed by atoms with Gasteiger partial charge in [-0.3, -0.25) is 4.79 Å². The zero-order valence-corrected chi connectivity index (χ0v) is 12.2. The summed E-state index contributed by atoms with van der Waals surface area (Å²) in [5.74, 6) is 0.0621. The fourth-order valence-corrected chi connectivity index (χ4v) is 2.64. The molecule has 0 radical (unpaired) electrons. The molecule has 116 valence electrons. The Morgan fingerprint density at radius 2 is 2.24 bits per heavy atom. The second-order valence-corrected chi connectivity index (χ2v) is 5.22. The molecule has 1 amide bonds. The Hall–Kier alpha value is -1.69. The fraction of sp³-hybridized carbons (Fsp3) is 0.533. The van der Waals surface area contributed by atoms with Crippen LogP contribution in [0.4, 0.5) is 14.5 Å². The van der Waals surface area contributed by atoms with Crippen LogP contribution in [0.1, 0.15) is 18.9 Å². The van der Waals surface area contributed by atoms with Crippen molar-refractivity contribution in [3.05, 3.63) is 23.8 Å². The number of alkyl halides is 2.